The van der Waals surface area contributed by atoms with Crippen LogP contribution in [0.5, 0.6) is 0 Å². The van der Waals surface area contributed by atoms with E-state index in [4.69, 9.17) is 5.73 Å². The highest BCUT2D eigenvalue weighted by atomic mass is 79.9. The van der Waals surface area contributed by atoms with Crippen LogP contribution in [0.1, 0.15) is 20.3 Å². The zero-order valence-corrected chi connectivity index (χ0v) is 12.6. The first-order valence-corrected chi connectivity index (χ1v) is 7.05. The molecule has 1 aromatic carbocycles. The first kappa shape index (κ1) is 14.1. The smallest absolute Gasteiger partial charge is 0.0954 e. The molecule has 0 saturated carbocycles. The van der Waals surface area contributed by atoms with Crippen molar-refractivity contribution in [3.05, 3.63) is 28.9 Å². The summed E-state index contributed by atoms with van der Waals surface area (Å²) in [5.41, 5.74) is 8.47. The molecule has 102 valence electrons. The lowest BCUT2D eigenvalue weighted by atomic mass is 10.1. The molecule has 0 saturated heterocycles. The minimum atomic E-state index is -0.329. The van der Waals surface area contributed by atoms with E-state index < -0.39 is 0 Å². The first-order chi connectivity index (χ1) is 8.97. The lowest BCUT2D eigenvalue weighted by molar-refractivity contribution is 0.179. The third-order valence-corrected chi connectivity index (χ3v) is 3.38. The Balaban J connectivity index is 2.36. The molecule has 0 amide bonds. The molecule has 0 aliphatic carbocycles. The summed E-state index contributed by atoms with van der Waals surface area (Å²) < 4.78 is 0.904. The Morgan fingerprint density at radius 2 is 2.16 bits per heavy atom. The molecule has 1 heterocycles. The molecule has 0 aliphatic rings. The van der Waals surface area contributed by atoms with Gasteiger partial charge in [-0.1, -0.05) is 0 Å². The standard InChI is InChI=1S/C14H18BrN3O/c1-8(5-9(2)19)18-13-4-3-12(16)11-6-10(15)7-17-14(11)13/h3-4,6-9,18-19H,5,16H2,1-2H3. The summed E-state index contributed by atoms with van der Waals surface area (Å²) in [4.78, 5) is 4.42. The second-order valence-corrected chi connectivity index (χ2v) is 5.80. The van der Waals surface area contributed by atoms with Crippen molar-refractivity contribution in [1.29, 1.82) is 0 Å². The van der Waals surface area contributed by atoms with Gasteiger partial charge in [0.25, 0.3) is 0 Å². The van der Waals surface area contributed by atoms with E-state index in [9.17, 15) is 5.11 Å². The highest BCUT2D eigenvalue weighted by molar-refractivity contribution is 9.10. The van der Waals surface area contributed by atoms with Crippen molar-refractivity contribution in [3.8, 4) is 0 Å². The number of aromatic nitrogens is 1. The number of aliphatic hydroxyl groups excluding tert-OH is 1. The number of nitrogens with two attached hydrogens (primary N) is 1. The summed E-state index contributed by atoms with van der Waals surface area (Å²) in [6, 6.07) is 5.92. The zero-order valence-electron chi connectivity index (χ0n) is 11.0. The molecule has 0 aliphatic heterocycles. The van der Waals surface area contributed by atoms with Crippen LogP contribution in [0.2, 0.25) is 0 Å². The highest BCUT2D eigenvalue weighted by Gasteiger charge is 2.10. The van der Waals surface area contributed by atoms with E-state index in [1.165, 1.54) is 0 Å². The van der Waals surface area contributed by atoms with Gasteiger partial charge in [0.05, 0.1) is 17.3 Å². The predicted octanol–water partition coefficient (Wildman–Crippen LogP) is 3.15. The average molecular weight is 324 g/mol. The third-order valence-electron chi connectivity index (χ3n) is 2.95. The van der Waals surface area contributed by atoms with Crippen molar-refractivity contribution in [3.63, 3.8) is 0 Å². The Bertz CT molecular complexity index is 586. The largest absolute Gasteiger partial charge is 0.398 e. The van der Waals surface area contributed by atoms with Crippen LogP contribution >= 0.6 is 15.9 Å². The van der Waals surface area contributed by atoms with Crippen LogP contribution < -0.4 is 11.1 Å². The van der Waals surface area contributed by atoms with Gasteiger partial charge in [-0.15, -0.1) is 0 Å². The molecule has 5 heteroatoms. The van der Waals surface area contributed by atoms with Crippen LogP contribution in [0.25, 0.3) is 10.9 Å². The number of hydrogen-bond acceptors (Lipinski definition) is 4. The Morgan fingerprint density at radius 1 is 1.42 bits per heavy atom. The molecule has 2 aromatic rings. The fraction of sp³-hybridized carbons (Fsp3) is 0.357. The minimum absolute atomic E-state index is 0.164. The van der Waals surface area contributed by atoms with E-state index in [1.54, 1.807) is 13.1 Å². The molecule has 19 heavy (non-hydrogen) atoms. The van der Waals surface area contributed by atoms with Crippen molar-refractivity contribution in [2.45, 2.75) is 32.4 Å². The summed E-state index contributed by atoms with van der Waals surface area (Å²) in [5.74, 6) is 0. The van der Waals surface area contributed by atoms with Gasteiger partial charge in [-0.25, -0.2) is 0 Å². The second kappa shape index (κ2) is 5.75. The van der Waals surface area contributed by atoms with Crippen LogP contribution in [0.15, 0.2) is 28.9 Å². The van der Waals surface area contributed by atoms with E-state index in [1.807, 2.05) is 25.1 Å². The summed E-state index contributed by atoms with van der Waals surface area (Å²) >= 11 is 3.40. The van der Waals surface area contributed by atoms with Gasteiger partial charge >= 0.3 is 0 Å². The van der Waals surface area contributed by atoms with Gasteiger partial charge in [-0.3, -0.25) is 4.98 Å². The number of nitrogen functional groups attached to an aromatic ring is 1. The second-order valence-electron chi connectivity index (χ2n) is 4.88. The van der Waals surface area contributed by atoms with E-state index in [0.29, 0.717) is 12.1 Å². The first-order valence-electron chi connectivity index (χ1n) is 6.25. The summed E-state index contributed by atoms with van der Waals surface area (Å²) in [7, 11) is 0. The van der Waals surface area contributed by atoms with Crippen molar-refractivity contribution < 1.29 is 5.11 Å². The van der Waals surface area contributed by atoms with Crippen LogP contribution in [-0.4, -0.2) is 22.2 Å². The number of halogens is 1. The van der Waals surface area contributed by atoms with Crippen LogP contribution in [0, 0.1) is 0 Å². The van der Waals surface area contributed by atoms with Crippen LogP contribution in [0.3, 0.4) is 0 Å². The number of rotatable bonds is 4. The quantitative estimate of drug-likeness (QED) is 0.756. The molecule has 0 radical (unpaired) electrons. The number of anilines is 2. The average Bonchev–Trinajstić information content (AvgIpc) is 2.32. The fourth-order valence-electron chi connectivity index (χ4n) is 2.17. The van der Waals surface area contributed by atoms with Gasteiger partial charge < -0.3 is 16.2 Å². The van der Waals surface area contributed by atoms with Crippen LogP contribution in [0.4, 0.5) is 11.4 Å². The van der Waals surface area contributed by atoms with E-state index in [2.05, 4.69) is 26.2 Å². The van der Waals surface area contributed by atoms with Crippen molar-refractivity contribution in [2.75, 3.05) is 11.1 Å². The Labute approximate surface area is 121 Å². The molecule has 1 aromatic heterocycles. The molecular weight excluding hydrogens is 306 g/mol. The monoisotopic (exact) mass is 323 g/mol. The Kier molecular flexibility index (Phi) is 4.27. The topological polar surface area (TPSA) is 71.2 Å². The number of fused-ring (bicyclic) bond motifs is 1. The molecule has 4 nitrogen and oxygen atoms in total. The molecule has 0 spiro atoms. The molecule has 2 atom stereocenters. The SMILES string of the molecule is CC(O)CC(C)Nc1ccc(N)c2cc(Br)cnc12. The summed E-state index contributed by atoms with van der Waals surface area (Å²) in [6.45, 7) is 3.82. The van der Waals surface area contributed by atoms with Crippen molar-refractivity contribution >= 4 is 38.2 Å². The zero-order chi connectivity index (χ0) is 14.0. The van der Waals surface area contributed by atoms with Gasteiger partial charge in [-0.05, 0) is 54.4 Å². The maximum atomic E-state index is 9.41. The predicted molar refractivity (Wildman–Crippen MR) is 83.2 cm³/mol. The Morgan fingerprint density at radius 3 is 2.84 bits per heavy atom. The van der Waals surface area contributed by atoms with Gasteiger partial charge in [0.1, 0.15) is 0 Å². The van der Waals surface area contributed by atoms with E-state index in [0.717, 1.165) is 21.1 Å². The van der Waals surface area contributed by atoms with Crippen LogP contribution in [-0.2, 0) is 0 Å². The maximum absolute atomic E-state index is 9.41. The number of nitrogens with zero attached hydrogens (tertiary/aromatic N) is 1. The number of aliphatic hydroxyl groups is 1. The highest BCUT2D eigenvalue weighted by Crippen LogP contribution is 2.29. The molecule has 2 rings (SSSR count). The van der Waals surface area contributed by atoms with Gasteiger partial charge in [0.2, 0.25) is 0 Å². The lowest BCUT2D eigenvalue weighted by Crippen LogP contribution is -2.20. The molecule has 0 bridgehead atoms. The van der Waals surface area contributed by atoms with E-state index in [-0.39, 0.29) is 12.1 Å². The number of nitrogens with one attached hydrogen (secondary N) is 1. The minimum Gasteiger partial charge on any atom is -0.398 e. The molecule has 0 fully saturated rings. The molecule has 4 N–H and O–H groups in total. The number of pyridine rings is 1. The molecular formula is C14H18BrN3O. The normalized spacial score (nSPS) is 14.3. The summed E-state index contributed by atoms with van der Waals surface area (Å²) in [6.07, 6.45) is 2.11. The molecule has 2 unspecified atom stereocenters. The third kappa shape index (κ3) is 3.36. The van der Waals surface area contributed by atoms with Gasteiger partial charge in [-0.2, -0.15) is 0 Å². The van der Waals surface area contributed by atoms with E-state index >= 15 is 0 Å². The number of benzene rings is 1. The van der Waals surface area contributed by atoms with Crippen molar-refractivity contribution in [1.82, 2.24) is 4.98 Å². The fourth-order valence-corrected chi connectivity index (χ4v) is 2.50. The van der Waals surface area contributed by atoms with Gasteiger partial charge in [0, 0.05) is 27.8 Å². The summed E-state index contributed by atoms with van der Waals surface area (Å²) in [5, 5.41) is 13.7. The Hall–Kier alpha value is -1.33. The lowest BCUT2D eigenvalue weighted by Gasteiger charge is -2.18. The van der Waals surface area contributed by atoms with Crippen molar-refractivity contribution in [2.24, 2.45) is 0 Å². The van der Waals surface area contributed by atoms with Gasteiger partial charge in [0.15, 0.2) is 0 Å². The number of hydrogen-bond donors (Lipinski definition) is 3. The maximum Gasteiger partial charge on any atom is 0.0954 e.